The highest BCUT2D eigenvalue weighted by Gasteiger charge is 2.38. The molecular formula is C23H15N3. The SMILES string of the molecule is c1ccc2c(c1)-c1ccncc1N1c3cnccc3-c3ccccc3C21. The molecule has 0 fully saturated rings. The van der Waals surface area contributed by atoms with Crippen LogP contribution in [-0.2, 0) is 0 Å². The van der Waals surface area contributed by atoms with Gasteiger partial charge >= 0.3 is 0 Å². The van der Waals surface area contributed by atoms with E-state index in [1.807, 2.05) is 24.8 Å². The number of hydrogen-bond acceptors (Lipinski definition) is 3. The standard InChI is InChI=1S/C23H15N3/c1-3-7-19-15(5-1)17-9-11-24-13-21(17)26-22-14-25-12-10-18(22)16-6-2-4-8-20(16)23(19)26/h1-14,23H. The van der Waals surface area contributed by atoms with Gasteiger partial charge in [-0.25, -0.2) is 0 Å². The second-order valence-electron chi connectivity index (χ2n) is 6.73. The fourth-order valence-corrected chi connectivity index (χ4v) is 4.43. The van der Waals surface area contributed by atoms with Crippen molar-refractivity contribution in [3.63, 3.8) is 0 Å². The van der Waals surface area contributed by atoms with Crippen LogP contribution in [0, 0.1) is 0 Å². The highest BCUT2D eigenvalue weighted by Crippen LogP contribution is 2.56. The first-order chi connectivity index (χ1) is 12.9. The second kappa shape index (κ2) is 5.02. The fourth-order valence-electron chi connectivity index (χ4n) is 4.43. The van der Waals surface area contributed by atoms with Crippen molar-refractivity contribution >= 4 is 11.4 Å². The van der Waals surface area contributed by atoms with Gasteiger partial charge in [0.05, 0.1) is 29.8 Å². The molecule has 2 aliphatic heterocycles. The minimum atomic E-state index is 0.135. The van der Waals surface area contributed by atoms with Gasteiger partial charge in [0.1, 0.15) is 0 Å². The molecular weight excluding hydrogens is 318 g/mol. The predicted molar refractivity (Wildman–Crippen MR) is 103 cm³/mol. The third-order valence-electron chi connectivity index (χ3n) is 5.47. The number of anilines is 2. The van der Waals surface area contributed by atoms with E-state index < -0.39 is 0 Å². The largest absolute Gasteiger partial charge is 0.326 e. The van der Waals surface area contributed by atoms with Crippen molar-refractivity contribution in [2.24, 2.45) is 0 Å². The van der Waals surface area contributed by atoms with E-state index in [9.17, 15) is 0 Å². The Morgan fingerprint density at radius 2 is 1.08 bits per heavy atom. The Balaban J connectivity index is 1.77. The Kier molecular flexibility index (Phi) is 2.66. The molecule has 0 spiro atoms. The lowest BCUT2D eigenvalue weighted by atomic mass is 9.79. The van der Waals surface area contributed by atoms with Gasteiger partial charge < -0.3 is 4.90 Å². The molecule has 4 aromatic rings. The second-order valence-corrected chi connectivity index (χ2v) is 6.73. The summed E-state index contributed by atoms with van der Waals surface area (Å²) in [4.78, 5) is 11.3. The number of pyridine rings is 2. The van der Waals surface area contributed by atoms with Gasteiger partial charge in [-0.05, 0) is 34.4 Å². The molecule has 26 heavy (non-hydrogen) atoms. The van der Waals surface area contributed by atoms with E-state index in [0.29, 0.717) is 0 Å². The van der Waals surface area contributed by atoms with Crippen LogP contribution in [0.5, 0.6) is 0 Å². The number of aromatic nitrogens is 2. The maximum absolute atomic E-state index is 4.43. The van der Waals surface area contributed by atoms with Crippen LogP contribution in [0.4, 0.5) is 11.4 Å². The van der Waals surface area contributed by atoms with Crippen molar-refractivity contribution < 1.29 is 0 Å². The van der Waals surface area contributed by atoms with Crippen LogP contribution in [0.2, 0.25) is 0 Å². The summed E-state index contributed by atoms with van der Waals surface area (Å²) in [6.45, 7) is 0. The van der Waals surface area contributed by atoms with Gasteiger partial charge in [-0.15, -0.1) is 0 Å². The zero-order valence-corrected chi connectivity index (χ0v) is 14.0. The van der Waals surface area contributed by atoms with Gasteiger partial charge in [0.2, 0.25) is 0 Å². The van der Waals surface area contributed by atoms with Gasteiger partial charge in [-0.2, -0.15) is 0 Å². The zero-order valence-electron chi connectivity index (χ0n) is 14.0. The normalized spacial score (nSPS) is 13.9. The van der Waals surface area contributed by atoms with E-state index in [4.69, 9.17) is 0 Å². The van der Waals surface area contributed by atoms with Gasteiger partial charge in [0.15, 0.2) is 0 Å². The number of fused-ring (bicyclic) bond motifs is 11. The average molecular weight is 333 g/mol. The smallest absolute Gasteiger partial charge is 0.0858 e. The Morgan fingerprint density at radius 1 is 0.577 bits per heavy atom. The van der Waals surface area contributed by atoms with Crippen molar-refractivity contribution in [1.29, 1.82) is 0 Å². The van der Waals surface area contributed by atoms with Crippen LogP contribution in [0.15, 0.2) is 85.5 Å². The minimum Gasteiger partial charge on any atom is -0.326 e. The summed E-state index contributed by atoms with van der Waals surface area (Å²) < 4.78 is 0. The van der Waals surface area contributed by atoms with E-state index in [-0.39, 0.29) is 6.04 Å². The van der Waals surface area contributed by atoms with E-state index >= 15 is 0 Å². The van der Waals surface area contributed by atoms with Gasteiger partial charge in [0, 0.05) is 23.5 Å². The molecule has 3 heteroatoms. The maximum Gasteiger partial charge on any atom is 0.0858 e. The van der Waals surface area contributed by atoms with Crippen LogP contribution in [0.25, 0.3) is 22.3 Å². The average Bonchev–Trinajstić information content (AvgIpc) is 2.73. The molecule has 3 nitrogen and oxygen atoms in total. The summed E-state index contributed by atoms with van der Waals surface area (Å²) in [6, 6.07) is 21.8. The summed E-state index contributed by atoms with van der Waals surface area (Å²) in [7, 11) is 0. The quantitative estimate of drug-likeness (QED) is 0.433. The zero-order chi connectivity index (χ0) is 17.1. The topological polar surface area (TPSA) is 29.0 Å². The molecule has 0 N–H and O–H groups in total. The minimum absolute atomic E-state index is 0.135. The van der Waals surface area contributed by atoms with Crippen molar-refractivity contribution in [3.05, 3.63) is 96.6 Å². The molecule has 122 valence electrons. The molecule has 0 unspecified atom stereocenters. The first kappa shape index (κ1) is 13.8. The first-order valence-corrected chi connectivity index (χ1v) is 8.79. The predicted octanol–water partition coefficient (Wildman–Crippen LogP) is 5.37. The lowest BCUT2D eigenvalue weighted by Gasteiger charge is -2.44. The van der Waals surface area contributed by atoms with Crippen molar-refractivity contribution in [3.8, 4) is 22.3 Å². The molecule has 6 rings (SSSR count). The highest BCUT2D eigenvalue weighted by atomic mass is 15.2. The van der Waals surface area contributed by atoms with Gasteiger partial charge in [-0.1, -0.05) is 48.5 Å². The Labute approximate surface area is 151 Å². The molecule has 2 aromatic carbocycles. The highest BCUT2D eigenvalue weighted by molar-refractivity contribution is 5.96. The summed E-state index contributed by atoms with van der Waals surface area (Å²) in [6.07, 6.45) is 7.70. The van der Waals surface area contributed by atoms with E-state index in [1.165, 1.54) is 33.4 Å². The Morgan fingerprint density at radius 3 is 1.62 bits per heavy atom. The van der Waals surface area contributed by atoms with Crippen LogP contribution in [0.1, 0.15) is 17.2 Å². The van der Waals surface area contributed by atoms with E-state index in [0.717, 1.165) is 11.4 Å². The molecule has 0 saturated heterocycles. The fraction of sp³-hybridized carbons (Fsp3) is 0.0435. The first-order valence-electron chi connectivity index (χ1n) is 8.79. The van der Waals surface area contributed by atoms with Gasteiger partial charge in [-0.3, -0.25) is 9.97 Å². The van der Waals surface area contributed by atoms with Crippen molar-refractivity contribution in [2.75, 3.05) is 4.90 Å². The molecule has 2 aromatic heterocycles. The van der Waals surface area contributed by atoms with Crippen LogP contribution in [-0.4, -0.2) is 9.97 Å². The van der Waals surface area contributed by atoms with Crippen molar-refractivity contribution in [1.82, 2.24) is 9.97 Å². The molecule has 0 atom stereocenters. The Bertz CT molecular complexity index is 981. The number of nitrogens with zero attached hydrogens (tertiary/aromatic N) is 3. The van der Waals surface area contributed by atoms with Crippen LogP contribution < -0.4 is 4.90 Å². The van der Waals surface area contributed by atoms with Crippen LogP contribution in [0.3, 0.4) is 0 Å². The summed E-state index contributed by atoms with van der Waals surface area (Å²) in [5, 5.41) is 0. The molecule has 0 saturated carbocycles. The molecule has 4 heterocycles. The van der Waals surface area contributed by atoms with E-state index in [2.05, 4.69) is 75.5 Å². The Hall–Kier alpha value is -3.46. The summed E-state index contributed by atoms with van der Waals surface area (Å²) in [5.41, 5.74) is 9.95. The summed E-state index contributed by atoms with van der Waals surface area (Å²) in [5.74, 6) is 0. The number of benzene rings is 2. The third-order valence-corrected chi connectivity index (χ3v) is 5.47. The monoisotopic (exact) mass is 333 g/mol. The maximum atomic E-state index is 4.43. The molecule has 0 amide bonds. The molecule has 2 aliphatic rings. The third kappa shape index (κ3) is 1.67. The number of rotatable bonds is 0. The van der Waals surface area contributed by atoms with Crippen molar-refractivity contribution in [2.45, 2.75) is 6.04 Å². The van der Waals surface area contributed by atoms with Gasteiger partial charge in [0.25, 0.3) is 0 Å². The number of hydrogen-bond donors (Lipinski definition) is 0. The van der Waals surface area contributed by atoms with Crippen LogP contribution >= 0.6 is 0 Å². The molecule has 0 bridgehead atoms. The summed E-state index contributed by atoms with van der Waals surface area (Å²) >= 11 is 0. The van der Waals surface area contributed by atoms with E-state index in [1.54, 1.807) is 0 Å². The lowest BCUT2D eigenvalue weighted by Crippen LogP contribution is -2.32. The molecule has 0 aliphatic carbocycles. The lowest BCUT2D eigenvalue weighted by molar-refractivity contribution is 0.797. The molecule has 0 radical (unpaired) electrons.